The van der Waals surface area contributed by atoms with E-state index < -0.39 is 6.10 Å². The Labute approximate surface area is 179 Å². The topological polar surface area (TPSA) is 64.8 Å². The van der Waals surface area contributed by atoms with Gasteiger partial charge in [-0.2, -0.15) is 0 Å². The number of hydrogen-bond acceptors (Lipinski definition) is 5. The third kappa shape index (κ3) is 5.55. The minimum atomic E-state index is -0.457. The van der Waals surface area contributed by atoms with Crippen molar-refractivity contribution < 1.29 is 18.8 Å². The van der Waals surface area contributed by atoms with Crippen LogP contribution in [0.5, 0.6) is 5.75 Å². The van der Waals surface area contributed by atoms with Crippen LogP contribution in [-0.4, -0.2) is 35.8 Å². The average Bonchev–Trinajstić information content (AvgIpc) is 3.14. The van der Waals surface area contributed by atoms with E-state index in [1.54, 1.807) is 11.9 Å². The van der Waals surface area contributed by atoms with E-state index in [0.717, 1.165) is 48.3 Å². The Balaban J connectivity index is 1.69. The second kappa shape index (κ2) is 10.5. The van der Waals surface area contributed by atoms with Crippen molar-refractivity contribution in [2.75, 3.05) is 13.6 Å². The van der Waals surface area contributed by atoms with Gasteiger partial charge in [-0.25, -0.2) is 4.79 Å². The SMILES string of the molecule is CCCCN(C)C(=O)OC(C)c1c(C)noc1-c1ccc(OC2CCCCC2)cc1. The monoisotopic (exact) mass is 414 g/mol. The van der Waals surface area contributed by atoms with Crippen LogP contribution in [0, 0.1) is 6.92 Å². The van der Waals surface area contributed by atoms with Crippen LogP contribution in [0.3, 0.4) is 0 Å². The fraction of sp³-hybridized carbons (Fsp3) is 0.583. The zero-order valence-corrected chi connectivity index (χ0v) is 18.6. The van der Waals surface area contributed by atoms with Crippen molar-refractivity contribution in [1.29, 1.82) is 0 Å². The van der Waals surface area contributed by atoms with Gasteiger partial charge in [-0.3, -0.25) is 0 Å². The molecule has 0 spiro atoms. The summed E-state index contributed by atoms with van der Waals surface area (Å²) in [5.74, 6) is 1.51. The lowest BCUT2D eigenvalue weighted by atomic mass is 9.98. The maximum Gasteiger partial charge on any atom is 0.410 e. The molecule has 6 nitrogen and oxygen atoms in total. The maximum atomic E-state index is 12.4. The summed E-state index contributed by atoms with van der Waals surface area (Å²) in [5.41, 5.74) is 2.42. The van der Waals surface area contributed by atoms with E-state index in [1.165, 1.54) is 19.3 Å². The molecule has 2 aromatic rings. The largest absolute Gasteiger partial charge is 0.490 e. The lowest BCUT2D eigenvalue weighted by Gasteiger charge is -2.23. The van der Waals surface area contributed by atoms with Crippen molar-refractivity contribution in [3.8, 4) is 17.1 Å². The Bertz CT molecular complexity index is 809. The van der Waals surface area contributed by atoms with Crippen LogP contribution in [0.25, 0.3) is 11.3 Å². The van der Waals surface area contributed by atoms with E-state index in [1.807, 2.05) is 38.1 Å². The molecule has 0 saturated heterocycles. The summed E-state index contributed by atoms with van der Waals surface area (Å²) in [6.07, 6.45) is 7.56. The minimum absolute atomic E-state index is 0.316. The second-order valence-corrected chi connectivity index (χ2v) is 8.21. The summed E-state index contributed by atoms with van der Waals surface area (Å²) in [7, 11) is 1.76. The highest BCUT2D eigenvalue weighted by Crippen LogP contribution is 2.34. The van der Waals surface area contributed by atoms with Crippen molar-refractivity contribution in [3.05, 3.63) is 35.5 Å². The van der Waals surface area contributed by atoms with Gasteiger partial charge in [0.05, 0.1) is 17.4 Å². The molecule has 1 fully saturated rings. The van der Waals surface area contributed by atoms with Crippen LogP contribution in [0.1, 0.15) is 76.2 Å². The van der Waals surface area contributed by atoms with E-state index in [0.29, 0.717) is 18.4 Å². The first-order valence-corrected chi connectivity index (χ1v) is 11.1. The van der Waals surface area contributed by atoms with E-state index >= 15 is 0 Å². The molecule has 1 amide bonds. The Morgan fingerprint density at radius 1 is 1.23 bits per heavy atom. The lowest BCUT2D eigenvalue weighted by Crippen LogP contribution is -2.29. The molecule has 30 heavy (non-hydrogen) atoms. The Kier molecular flexibility index (Phi) is 7.77. The number of ether oxygens (including phenoxy) is 2. The molecule has 1 heterocycles. The van der Waals surface area contributed by atoms with E-state index in [9.17, 15) is 4.79 Å². The number of rotatable bonds is 8. The first-order chi connectivity index (χ1) is 14.5. The standard InChI is InChI=1S/C24H34N2O4/c1-5-6-16-26(4)24(27)28-18(3)22-17(2)25-30-23(22)19-12-14-21(15-13-19)29-20-10-8-7-9-11-20/h12-15,18,20H,5-11,16H2,1-4H3. The fourth-order valence-electron chi connectivity index (χ4n) is 3.91. The molecular weight excluding hydrogens is 380 g/mol. The Morgan fingerprint density at radius 3 is 2.60 bits per heavy atom. The number of carbonyl (C=O) groups excluding carboxylic acids is 1. The van der Waals surface area contributed by atoms with Crippen molar-refractivity contribution >= 4 is 6.09 Å². The van der Waals surface area contributed by atoms with Gasteiger partial charge in [-0.15, -0.1) is 0 Å². The zero-order valence-electron chi connectivity index (χ0n) is 18.6. The second-order valence-electron chi connectivity index (χ2n) is 8.21. The predicted octanol–water partition coefficient (Wildman–Crippen LogP) is 6.29. The summed E-state index contributed by atoms with van der Waals surface area (Å²) in [4.78, 5) is 14.0. The number of hydrogen-bond donors (Lipinski definition) is 0. The van der Waals surface area contributed by atoms with E-state index in [-0.39, 0.29) is 6.09 Å². The highest BCUT2D eigenvalue weighted by molar-refractivity contribution is 5.69. The maximum absolute atomic E-state index is 12.4. The average molecular weight is 415 g/mol. The third-order valence-corrected chi connectivity index (χ3v) is 5.72. The van der Waals surface area contributed by atoms with Crippen LogP contribution in [0.4, 0.5) is 4.79 Å². The summed E-state index contributed by atoms with van der Waals surface area (Å²) in [5, 5.41) is 4.12. The van der Waals surface area contributed by atoms with Crippen molar-refractivity contribution in [3.63, 3.8) is 0 Å². The van der Waals surface area contributed by atoms with Crippen LogP contribution >= 0.6 is 0 Å². The number of nitrogens with zero attached hydrogens (tertiary/aromatic N) is 2. The van der Waals surface area contributed by atoms with Crippen LogP contribution in [-0.2, 0) is 4.74 Å². The van der Waals surface area contributed by atoms with Crippen molar-refractivity contribution in [2.45, 2.75) is 77.9 Å². The van der Waals surface area contributed by atoms with Gasteiger partial charge < -0.3 is 18.9 Å². The first kappa shape index (κ1) is 22.2. The molecule has 164 valence electrons. The van der Waals surface area contributed by atoms with Crippen LogP contribution < -0.4 is 4.74 Å². The quantitative estimate of drug-likeness (QED) is 0.508. The number of amides is 1. The molecule has 1 aromatic heterocycles. The molecule has 0 radical (unpaired) electrons. The van der Waals surface area contributed by atoms with Gasteiger partial charge in [-0.05, 0) is 70.2 Å². The highest BCUT2D eigenvalue weighted by atomic mass is 16.6. The smallest absolute Gasteiger partial charge is 0.410 e. The molecule has 0 N–H and O–H groups in total. The van der Waals surface area contributed by atoms with Gasteiger partial charge in [0.2, 0.25) is 0 Å². The normalized spacial score (nSPS) is 15.6. The summed E-state index contributed by atoms with van der Waals surface area (Å²) < 4.78 is 17.4. The third-order valence-electron chi connectivity index (χ3n) is 5.72. The molecule has 6 heteroatoms. The van der Waals surface area contributed by atoms with E-state index in [4.69, 9.17) is 14.0 Å². The molecule has 1 atom stereocenters. The lowest BCUT2D eigenvalue weighted by molar-refractivity contribution is 0.0761. The van der Waals surface area contributed by atoms with Gasteiger partial charge in [0, 0.05) is 19.2 Å². The van der Waals surface area contributed by atoms with Gasteiger partial charge in [0.15, 0.2) is 5.76 Å². The Morgan fingerprint density at radius 2 is 1.93 bits per heavy atom. The number of carbonyl (C=O) groups is 1. The molecule has 0 bridgehead atoms. The first-order valence-electron chi connectivity index (χ1n) is 11.1. The highest BCUT2D eigenvalue weighted by Gasteiger charge is 2.25. The number of benzene rings is 1. The molecule has 1 aliphatic carbocycles. The summed E-state index contributed by atoms with van der Waals surface area (Å²) in [6, 6.07) is 7.90. The van der Waals surface area contributed by atoms with Crippen molar-refractivity contribution in [2.24, 2.45) is 0 Å². The number of aryl methyl sites for hydroxylation is 1. The van der Waals surface area contributed by atoms with Gasteiger partial charge in [0.1, 0.15) is 11.9 Å². The summed E-state index contributed by atoms with van der Waals surface area (Å²) >= 11 is 0. The molecule has 1 unspecified atom stereocenters. The van der Waals surface area contributed by atoms with Crippen LogP contribution in [0.15, 0.2) is 28.8 Å². The van der Waals surface area contributed by atoms with Gasteiger partial charge in [-0.1, -0.05) is 24.9 Å². The summed E-state index contributed by atoms with van der Waals surface area (Å²) in [6.45, 7) is 6.50. The molecule has 0 aliphatic heterocycles. The Hall–Kier alpha value is -2.50. The predicted molar refractivity (Wildman–Crippen MR) is 117 cm³/mol. The molecule has 1 saturated carbocycles. The zero-order chi connectivity index (χ0) is 21.5. The number of aromatic nitrogens is 1. The minimum Gasteiger partial charge on any atom is -0.490 e. The van der Waals surface area contributed by atoms with Crippen molar-refractivity contribution in [1.82, 2.24) is 10.1 Å². The van der Waals surface area contributed by atoms with Gasteiger partial charge in [0.25, 0.3) is 0 Å². The van der Waals surface area contributed by atoms with Gasteiger partial charge >= 0.3 is 6.09 Å². The molecule has 1 aromatic carbocycles. The van der Waals surface area contributed by atoms with E-state index in [2.05, 4.69) is 12.1 Å². The fourth-order valence-corrected chi connectivity index (χ4v) is 3.91. The van der Waals surface area contributed by atoms with Crippen LogP contribution in [0.2, 0.25) is 0 Å². The molecule has 1 aliphatic rings. The molecular formula is C24H34N2O4. The molecule has 3 rings (SSSR count). The number of unbranched alkanes of at least 4 members (excludes halogenated alkanes) is 1.